The van der Waals surface area contributed by atoms with E-state index in [9.17, 15) is 23.1 Å². The molecule has 1 aliphatic rings. The van der Waals surface area contributed by atoms with Crippen molar-refractivity contribution >= 4 is 16.8 Å². The predicted octanol–water partition coefficient (Wildman–Crippen LogP) is 3.62. The topological polar surface area (TPSA) is 91.4 Å². The van der Waals surface area contributed by atoms with E-state index in [4.69, 9.17) is 10.00 Å². The Balaban J connectivity index is 1.54. The zero-order chi connectivity index (χ0) is 22.9. The first kappa shape index (κ1) is 21.6. The monoisotopic (exact) mass is 444 g/mol. The number of benzene rings is 1. The molecule has 0 bridgehead atoms. The first-order valence-corrected chi connectivity index (χ1v) is 9.89. The number of carbonyl (C=O) groups excluding carboxylic acids is 1. The summed E-state index contributed by atoms with van der Waals surface area (Å²) >= 11 is 0. The maximum atomic E-state index is 13.2. The quantitative estimate of drug-likeness (QED) is 0.664. The number of fused-ring (bicyclic) bond motifs is 1. The molecule has 32 heavy (non-hydrogen) atoms. The summed E-state index contributed by atoms with van der Waals surface area (Å²) in [6, 6.07) is 12.0. The maximum absolute atomic E-state index is 13.2. The number of nitriles is 1. The van der Waals surface area contributed by atoms with Gasteiger partial charge < -0.3 is 19.3 Å². The Kier molecular flexibility index (Phi) is 5.52. The molecule has 3 aromatic rings. The molecule has 0 radical (unpaired) electrons. The Bertz CT molecular complexity index is 1200. The van der Waals surface area contributed by atoms with Crippen molar-refractivity contribution in [3.63, 3.8) is 0 Å². The van der Waals surface area contributed by atoms with Gasteiger partial charge in [-0.3, -0.25) is 4.79 Å². The smallest absolute Gasteiger partial charge is 0.418 e. The predicted molar refractivity (Wildman–Crippen MR) is 108 cm³/mol. The molecule has 1 amide bonds. The molecule has 10 heteroatoms. The van der Waals surface area contributed by atoms with Gasteiger partial charge in [0.05, 0.1) is 23.7 Å². The molecule has 0 spiro atoms. The molecule has 1 aromatic carbocycles. The summed E-state index contributed by atoms with van der Waals surface area (Å²) in [6.45, 7) is -0.793. The summed E-state index contributed by atoms with van der Waals surface area (Å²) < 4.78 is 47.0. The van der Waals surface area contributed by atoms with E-state index < -0.39 is 30.7 Å². The number of piperidine rings is 1. The number of aliphatic hydroxyl groups is 1. The van der Waals surface area contributed by atoms with Gasteiger partial charge in [-0.25, -0.2) is 4.98 Å². The number of alkyl halides is 3. The minimum Gasteiger partial charge on any atom is -0.438 e. The Morgan fingerprint density at radius 3 is 2.88 bits per heavy atom. The second-order valence-electron chi connectivity index (χ2n) is 7.68. The number of likely N-dealkylation sites (tertiary alicyclic amines) is 1. The van der Waals surface area contributed by atoms with E-state index in [0.717, 1.165) is 4.90 Å². The van der Waals surface area contributed by atoms with Crippen LogP contribution >= 0.6 is 0 Å². The number of nitrogens with zero attached hydrogens (tertiary/aromatic N) is 4. The average molecular weight is 444 g/mol. The first-order valence-electron chi connectivity index (χ1n) is 9.89. The summed E-state index contributed by atoms with van der Waals surface area (Å²) in [5.41, 5.74) is -1.84. The number of halogens is 3. The summed E-state index contributed by atoms with van der Waals surface area (Å²) in [7, 11) is 0. The van der Waals surface area contributed by atoms with Crippen LogP contribution in [0, 0.1) is 11.3 Å². The number of amides is 1. The van der Waals surface area contributed by atoms with E-state index in [-0.39, 0.29) is 25.4 Å². The lowest BCUT2D eigenvalue weighted by molar-refractivity contribution is -0.272. The fourth-order valence-electron chi connectivity index (χ4n) is 3.80. The Hall–Kier alpha value is -3.58. The van der Waals surface area contributed by atoms with Crippen LogP contribution in [0.2, 0.25) is 0 Å². The van der Waals surface area contributed by atoms with Crippen molar-refractivity contribution in [1.29, 1.82) is 5.26 Å². The number of hydrogen-bond acceptors (Lipinski definition) is 5. The molecule has 4 rings (SSSR count). The van der Waals surface area contributed by atoms with Gasteiger partial charge in [-0.15, -0.1) is 0 Å². The van der Waals surface area contributed by atoms with Crippen molar-refractivity contribution in [1.82, 2.24) is 14.5 Å². The molecule has 7 nitrogen and oxygen atoms in total. The third-order valence-electron chi connectivity index (χ3n) is 5.51. The molecule has 1 saturated heterocycles. The number of carbonyl (C=O) groups is 1. The highest BCUT2D eigenvalue weighted by molar-refractivity contribution is 5.88. The van der Waals surface area contributed by atoms with Crippen LogP contribution in [0.3, 0.4) is 0 Å². The standard InChI is InChI=1S/C22H19F3N4O3/c23-22(24,25)21(31)7-2-9-29(14-21)20(30)13-28-10-6-16-17(28)3-1-4-18(16)32-19-11-15(12-26)5-8-27-19/h1,3-6,8,10-11,31H,2,7,9,13-14H2. The summed E-state index contributed by atoms with van der Waals surface area (Å²) in [5, 5.41) is 19.7. The van der Waals surface area contributed by atoms with Crippen LogP contribution in [0.1, 0.15) is 18.4 Å². The fourth-order valence-corrected chi connectivity index (χ4v) is 3.80. The first-order chi connectivity index (χ1) is 15.2. The molecule has 1 unspecified atom stereocenters. The second-order valence-corrected chi connectivity index (χ2v) is 7.68. The van der Waals surface area contributed by atoms with Crippen molar-refractivity contribution in [2.45, 2.75) is 31.2 Å². The minimum atomic E-state index is -4.80. The third-order valence-corrected chi connectivity index (χ3v) is 5.51. The molecule has 2 aromatic heterocycles. The number of ether oxygens (including phenoxy) is 1. The van der Waals surface area contributed by atoms with Crippen LogP contribution in [-0.2, 0) is 11.3 Å². The van der Waals surface area contributed by atoms with E-state index in [1.165, 1.54) is 12.3 Å². The van der Waals surface area contributed by atoms with Gasteiger partial charge >= 0.3 is 6.18 Å². The van der Waals surface area contributed by atoms with Crippen LogP contribution in [0.4, 0.5) is 13.2 Å². The highest BCUT2D eigenvalue weighted by Crippen LogP contribution is 2.37. The molecular formula is C22H19F3N4O3. The van der Waals surface area contributed by atoms with E-state index >= 15 is 0 Å². The van der Waals surface area contributed by atoms with Crippen LogP contribution in [0.15, 0.2) is 48.8 Å². The zero-order valence-corrected chi connectivity index (χ0v) is 16.8. The molecular weight excluding hydrogens is 425 g/mol. The number of rotatable bonds is 4. The van der Waals surface area contributed by atoms with Gasteiger partial charge in [0.15, 0.2) is 5.60 Å². The van der Waals surface area contributed by atoms with Crippen LogP contribution < -0.4 is 4.74 Å². The van der Waals surface area contributed by atoms with Gasteiger partial charge in [-0.2, -0.15) is 18.4 Å². The fraction of sp³-hybridized carbons (Fsp3) is 0.318. The highest BCUT2D eigenvalue weighted by Gasteiger charge is 2.55. The van der Waals surface area contributed by atoms with Crippen molar-refractivity contribution in [3.8, 4) is 17.7 Å². The van der Waals surface area contributed by atoms with Crippen molar-refractivity contribution < 1.29 is 27.8 Å². The van der Waals surface area contributed by atoms with E-state index in [1.54, 1.807) is 41.1 Å². The third kappa shape index (κ3) is 4.11. The molecule has 3 heterocycles. The number of pyridine rings is 1. The normalized spacial score (nSPS) is 19.0. The van der Waals surface area contributed by atoms with Gasteiger partial charge in [0.1, 0.15) is 12.3 Å². The van der Waals surface area contributed by atoms with Crippen LogP contribution in [0.5, 0.6) is 11.6 Å². The Labute approximate surface area is 181 Å². The molecule has 1 atom stereocenters. The van der Waals surface area contributed by atoms with Gasteiger partial charge in [0.25, 0.3) is 0 Å². The SMILES string of the molecule is N#Cc1ccnc(Oc2cccc3c2ccn3CC(=O)N2CCCC(O)(C(F)(F)F)C2)c1. The van der Waals surface area contributed by atoms with E-state index in [1.807, 2.05) is 6.07 Å². The molecule has 0 saturated carbocycles. The molecule has 0 aliphatic carbocycles. The zero-order valence-electron chi connectivity index (χ0n) is 16.8. The van der Waals surface area contributed by atoms with Gasteiger partial charge in [0.2, 0.25) is 11.8 Å². The van der Waals surface area contributed by atoms with Crippen molar-refractivity contribution in [3.05, 3.63) is 54.4 Å². The number of β-amino-alcohol motifs (C(OH)–C–C–N with tert-alkyl or cyclic N) is 1. The lowest BCUT2D eigenvalue weighted by Gasteiger charge is -2.40. The summed E-state index contributed by atoms with van der Waals surface area (Å²) in [6.07, 6.45) is -2.04. The molecule has 1 N–H and O–H groups in total. The number of hydrogen-bond donors (Lipinski definition) is 1. The van der Waals surface area contributed by atoms with Gasteiger partial charge in [-0.05, 0) is 37.1 Å². The Morgan fingerprint density at radius 1 is 1.31 bits per heavy atom. The van der Waals surface area contributed by atoms with Gasteiger partial charge in [-0.1, -0.05) is 6.07 Å². The van der Waals surface area contributed by atoms with E-state index in [0.29, 0.717) is 22.2 Å². The van der Waals surface area contributed by atoms with Gasteiger partial charge in [0, 0.05) is 30.4 Å². The number of aromatic nitrogens is 2. The lowest BCUT2D eigenvalue weighted by atomic mass is 9.92. The molecule has 1 fully saturated rings. The van der Waals surface area contributed by atoms with Crippen LogP contribution in [-0.4, -0.2) is 50.3 Å². The highest BCUT2D eigenvalue weighted by atomic mass is 19.4. The lowest BCUT2D eigenvalue weighted by Crippen LogP contribution is -2.58. The largest absolute Gasteiger partial charge is 0.438 e. The van der Waals surface area contributed by atoms with Crippen molar-refractivity contribution in [2.24, 2.45) is 0 Å². The average Bonchev–Trinajstić information content (AvgIpc) is 3.17. The van der Waals surface area contributed by atoms with E-state index in [2.05, 4.69) is 4.98 Å². The summed E-state index contributed by atoms with van der Waals surface area (Å²) in [4.78, 5) is 17.9. The van der Waals surface area contributed by atoms with Crippen LogP contribution in [0.25, 0.3) is 10.9 Å². The minimum absolute atomic E-state index is 0.0704. The molecule has 166 valence electrons. The van der Waals surface area contributed by atoms with Crippen molar-refractivity contribution in [2.75, 3.05) is 13.1 Å². The summed E-state index contributed by atoms with van der Waals surface area (Å²) in [5.74, 6) is 0.181. The second kappa shape index (κ2) is 8.16. The Morgan fingerprint density at radius 2 is 2.12 bits per heavy atom. The molecule has 1 aliphatic heterocycles. The maximum Gasteiger partial charge on any atom is 0.418 e.